The molecule has 2 aliphatic rings. The molecule has 1 aromatic carbocycles. The molecule has 0 radical (unpaired) electrons. The van der Waals surface area contributed by atoms with Gasteiger partial charge in [-0.2, -0.15) is 0 Å². The largest absolute Gasteiger partial charge is 0.573 e. The van der Waals surface area contributed by atoms with E-state index in [0.717, 1.165) is 49.7 Å². The molecule has 2 fully saturated rings. The van der Waals surface area contributed by atoms with Crippen LogP contribution in [0.25, 0.3) is 0 Å². The SMILES string of the molecule is C/C=C/C[C@H]1CC[C@H]([C@H]2CC[C@H](c3cc(F)c(OC(F)(F)F)c(F)c3)CC2)CC1. The second kappa shape index (κ2) is 9.48. The number of benzene rings is 1. The molecule has 162 valence electrons. The van der Waals surface area contributed by atoms with Gasteiger partial charge in [-0.25, -0.2) is 8.78 Å². The Morgan fingerprint density at radius 1 is 0.897 bits per heavy atom. The number of hydrogen-bond donors (Lipinski definition) is 0. The van der Waals surface area contributed by atoms with Crippen LogP contribution in [0.2, 0.25) is 0 Å². The van der Waals surface area contributed by atoms with Crippen LogP contribution in [0.5, 0.6) is 5.75 Å². The van der Waals surface area contributed by atoms with Gasteiger partial charge >= 0.3 is 6.36 Å². The van der Waals surface area contributed by atoms with Gasteiger partial charge in [0.15, 0.2) is 11.6 Å². The van der Waals surface area contributed by atoms with Crippen LogP contribution in [-0.4, -0.2) is 6.36 Å². The van der Waals surface area contributed by atoms with Crippen LogP contribution < -0.4 is 4.74 Å². The molecule has 0 saturated heterocycles. The van der Waals surface area contributed by atoms with E-state index in [1.165, 1.54) is 32.1 Å². The van der Waals surface area contributed by atoms with Crippen molar-refractivity contribution in [1.29, 1.82) is 0 Å². The average Bonchev–Trinajstić information content (AvgIpc) is 2.69. The lowest BCUT2D eigenvalue weighted by molar-refractivity contribution is -0.276. The molecule has 0 unspecified atom stereocenters. The van der Waals surface area contributed by atoms with Crippen molar-refractivity contribution in [3.05, 3.63) is 41.5 Å². The third-order valence-electron chi connectivity index (χ3n) is 6.74. The molecule has 1 aromatic rings. The molecule has 0 amide bonds. The summed E-state index contributed by atoms with van der Waals surface area (Å²) in [7, 11) is 0. The highest BCUT2D eigenvalue weighted by molar-refractivity contribution is 5.33. The van der Waals surface area contributed by atoms with Crippen molar-refractivity contribution in [1.82, 2.24) is 0 Å². The number of hydrogen-bond acceptors (Lipinski definition) is 1. The van der Waals surface area contributed by atoms with Crippen molar-refractivity contribution >= 4 is 0 Å². The average molecular weight is 416 g/mol. The molecule has 3 rings (SSSR count). The first-order valence-electron chi connectivity index (χ1n) is 10.6. The summed E-state index contributed by atoms with van der Waals surface area (Å²) in [5.41, 5.74) is 0.433. The van der Waals surface area contributed by atoms with E-state index in [1.807, 2.05) is 0 Å². The van der Waals surface area contributed by atoms with Crippen molar-refractivity contribution in [2.24, 2.45) is 17.8 Å². The third-order valence-corrected chi connectivity index (χ3v) is 6.74. The monoisotopic (exact) mass is 416 g/mol. The van der Waals surface area contributed by atoms with Crippen LogP contribution >= 0.6 is 0 Å². The summed E-state index contributed by atoms with van der Waals surface area (Å²) in [5, 5.41) is 0. The zero-order valence-electron chi connectivity index (χ0n) is 16.8. The van der Waals surface area contributed by atoms with Crippen LogP contribution in [0, 0.1) is 29.4 Å². The van der Waals surface area contributed by atoms with E-state index in [1.54, 1.807) is 0 Å². The summed E-state index contributed by atoms with van der Waals surface area (Å²) in [4.78, 5) is 0. The maximum atomic E-state index is 14.0. The van der Waals surface area contributed by atoms with Gasteiger partial charge < -0.3 is 4.74 Å². The predicted molar refractivity (Wildman–Crippen MR) is 103 cm³/mol. The Morgan fingerprint density at radius 2 is 1.41 bits per heavy atom. The number of rotatable bonds is 5. The lowest BCUT2D eigenvalue weighted by Gasteiger charge is -2.38. The van der Waals surface area contributed by atoms with E-state index in [0.29, 0.717) is 11.5 Å². The molecule has 0 spiro atoms. The van der Waals surface area contributed by atoms with Gasteiger partial charge in [0, 0.05) is 0 Å². The lowest BCUT2D eigenvalue weighted by atomic mass is 9.68. The molecular weight excluding hydrogens is 387 g/mol. The number of alkyl halides is 3. The van der Waals surface area contributed by atoms with E-state index < -0.39 is 23.7 Å². The van der Waals surface area contributed by atoms with E-state index >= 15 is 0 Å². The van der Waals surface area contributed by atoms with Gasteiger partial charge in [0.1, 0.15) is 0 Å². The normalized spacial score (nSPS) is 28.6. The van der Waals surface area contributed by atoms with E-state index in [-0.39, 0.29) is 5.92 Å². The van der Waals surface area contributed by atoms with Crippen LogP contribution in [0.15, 0.2) is 24.3 Å². The standard InChI is InChI=1S/C23H29F5O/c1-2-3-4-15-5-7-16(8-6-15)17-9-11-18(12-10-17)19-13-20(24)22(21(25)14-19)29-23(26,27)28/h2-3,13-18H,4-12H2,1H3/b3-2+/t15-,16-,17-,18-. The maximum Gasteiger partial charge on any atom is 0.573 e. The molecule has 2 aliphatic carbocycles. The van der Waals surface area contributed by atoms with Crippen molar-refractivity contribution < 1.29 is 26.7 Å². The van der Waals surface area contributed by atoms with Crippen LogP contribution in [0.3, 0.4) is 0 Å². The number of halogens is 5. The molecule has 0 bridgehead atoms. The summed E-state index contributed by atoms with van der Waals surface area (Å²) >= 11 is 0. The Morgan fingerprint density at radius 3 is 1.90 bits per heavy atom. The van der Waals surface area contributed by atoms with Crippen LogP contribution in [0.1, 0.15) is 76.2 Å². The van der Waals surface area contributed by atoms with Gasteiger partial charge in [0.2, 0.25) is 5.75 Å². The fraction of sp³-hybridized carbons (Fsp3) is 0.652. The molecule has 29 heavy (non-hydrogen) atoms. The van der Waals surface area contributed by atoms with Crippen molar-refractivity contribution in [2.45, 2.75) is 77.0 Å². The molecule has 1 nitrogen and oxygen atoms in total. The molecule has 2 saturated carbocycles. The predicted octanol–water partition coefficient (Wildman–Crippen LogP) is 7.91. The minimum atomic E-state index is -5.12. The molecule has 6 heteroatoms. The smallest absolute Gasteiger partial charge is 0.399 e. The summed E-state index contributed by atoms with van der Waals surface area (Å²) in [6.45, 7) is 2.05. The van der Waals surface area contributed by atoms with E-state index in [9.17, 15) is 22.0 Å². The minimum absolute atomic E-state index is 0.0128. The zero-order chi connectivity index (χ0) is 21.0. The molecule has 0 aliphatic heterocycles. The molecule has 0 N–H and O–H groups in total. The highest BCUT2D eigenvalue weighted by atomic mass is 19.4. The van der Waals surface area contributed by atoms with Gasteiger partial charge in [-0.15, -0.1) is 13.2 Å². The summed E-state index contributed by atoms with van der Waals surface area (Å²) in [6.07, 6.45) is 9.13. The highest BCUT2D eigenvalue weighted by Gasteiger charge is 2.35. The summed E-state index contributed by atoms with van der Waals surface area (Å²) in [6, 6.07) is 2.00. The second-order valence-electron chi connectivity index (χ2n) is 8.56. The van der Waals surface area contributed by atoms with Gasteiger partial charge in [-0.05, 0) is 106 Å². The van der Waals surface area contributed by atoms with Crippen molar-refractivity contribution in [3.8, 4) is 5.75 Å². The first-order valence-corrected chi connectivity index (χ1v) is 10.6. The fourth-order valence-electron chi connectivity index (χ4n) is 5.18. The Hall–Kier alpha value is -1.59. The molecular formula is C23H29F5O. The first kappa shape index (κ1) is 22.1. The second-order valence-corrected chi connectivity index (χ2v) is 8.56. The summed E-state index contributed by atoms with van der Waals surface area (Å²) < 4.78 is 68.4. The zero-order valence-corrected chi connectivity index (χ0v) is 16.8. The maximum absolute atomic E-state index is 14.0. The lowest BCUT2D eigenvalue weighted by Crippen LogP contribution is -2.25. The number of ether oxygens (including phenoxy) is 1. The molecule has 0 atom stereocenters. The van der Waals surface area contributed by atoms with Gasteiger partial charge in [-0.3, -0.25) is 0 Å². The Bertz CT molecular complexity index is 673. The van der Waals surface area contributed by atoms with E-state index in [4.69, 9.17) is 0 Å². The summed E-state index contributed by atoms with van der Waals surface area (Å²) in [5.74, 6) is -1.80. The highest BCUT2D eigenvalue weighted by Crippen LogP contribution is 2.45. The van der Waals surface area contributed by atoms with E-state index in [2.05, 4.69) is 23.8 Å². The fourth-order valence-corrected chi connectivity index (χ4v) is 5.18. The van der Waals surface area contributed by atoms with Gasteiger partial charge in [0.05, 0.1) is 0 Å². The molecule has 0 heterocycles. The minimum Gasteiger partial charge on any atom is -0.399 e. The van der Waals surface area contributed by atoms with Crippen LogP contribution in [0.4, 0.5) is 22.0 Å². The van der Waals surface area contributed by atoms with Gasteiger partial charge in [0.25, 0.3) is 0 Å². The van der Waals surface area contributed by atoms with Crippen LogP contribution in [-0.2, 0) is 0 Å². The quantitative estimate of drug-likeness (QED) is 0.350. The van der Waals surface area contributed by atoms with Gasteiger partial charge in [-0.1, -0.05) is 12.2 Å². The van der Waals surface area contributed by atoms with Crippen molar-refractivity contribution in [2.75, 3.05) is 0 Å². The number of allylic oxidation sites excluding steroid dienone is 2. The van der Waals surface area contributed by atoms with Crippen molar-refractivity contribution in [3.63, 3.8) is 0 Å². The Balaban J connectivity index is 1.54. The Labute approximate surface area is 169 Å². The third kappa shape index (κ3) is 5.95. The topological polar surface area (TPSA) is 9.23 Å². The molecule has 0 aromatic heterocycles. The Kier molecular flexibility index (Phi) is 7.23. The first-order chi connectivity index (χ1) is 13.8.